The Labute approximate surface area is 173 Å². The zero-order valence-corrected chi connectivity index (χ0v) is 16.3. The van der Waals surface area contributed by atoms with E-state index in [2.05, 4.69) is 15.8 Å². The third kappa shape index (κ3) is 5.67. The number of anilines is 1. The van der Waals surface area contributed by atoms with Gasteiger partial charge in [-0.3, -0.25) is 9.59 Å². The number of methoxy groups -OCH3 is 1. The first-order valence-corrected chi connectivity index (χ1v) is 9.07. The number of carbonyl (C=O) groups excluding carboxylic acids is 2. The van der Waals surface area contributed by atoms with Crippen LogP contribution in [-0.2, 0) is 0 Å². The molecule has 29 heavy (non-hydrogen) atoms. The number of amides is 2. The van der Waals surface area contributed by atoms with Gasteiger partial charge in [0.25, 0.3) is 11.8 Å². The van der Waals surface area contributed by atoms with Crippen molar-refractivity contribution in [1.82, 2.24) is 5.43 Å². The molecule has 0 bridgehead atoms. The summed E-state index contributed by atoms with van der Waals surface area (Å²) in [6.07, 6.45) is 1.53. The van der Waals surface area contributed by atoms with E-state index in [1.165, 1.54) is 6.21 Å². The molecule has 0 aliphatic carbocycles. The van der Waals surface area contributed by atoms with Gasteiger partial charge in [-0.1, -0.05) is 29.8 Å². The van der Waals surface area contributed by atoms with Crippen LogP contribution in [0.4, 0.5) is 5.69 Å². The molecule has 0 heterocycles. The van der Waals surface area contributed by atoms with Crippen LogP contribution in [0.2, 0.25) is 5.02 Å². The van der Waals surface area contributed by atoms with E-state index in [4.69, 9.17) is 16.3 Å². The molecule has 0 aromatic heterocycles. The molecule has 6 nitrogen and oxygen atoms in total. The second kappa shape index (κ2) is 9.52. The summed E-state index contributed by atoms with van der Waals surface area (Å²) in [6, 6.07) is 20.4. The maximum atomic E-state index is 12.2. The van der Waals surface area contributed by atoms with Crippen molar-refractivity contribution in [3.05, 3.63) is 94.5 Å². The van der Waals surface area contributed by atoms with Crippen LogP contribution >= 0.6 is 11.6 Å². The summed E-state index contributed by atoms with van der Waals surface area (Å²) in [5, 5.41) is 7.19. The van der Waals surface area contributed by atoms with Gasteiger partial charge < -0.3 is 10.1 Å². The molecule has 0 saturated heterocycles. The van der Waals surface area contributed by atoms with Crippen molar-refractivity contribution in [1.29, 1.82) is 0 Å². The predicted molar refractivity (Wildman–Crippen MR) is 114 cm³/mol. The first kappa shape index (κ1) is 20.1. The molecule has 0 atom stereocenters. The number of ether oxygens (including phenoxy) is 1. The van der Waals surface area contributed by atoms with E-state index in [0.717, 1.165) is 5.56 Å². The van der Waals surface area contributed by atoms with Gasteiger partial charge in [0.15, 0.2) is 0 Å². The fourth-order valence-electron chi connectivity index (χ4n) is 2.49. The molecule has 0 aliphatic rings. The number of rotatable bonds is 6. The maximum absolute atomic E-state index is 12.2. The summed E-state index contributed by atoms with van der Waals surface area (Å²) in [6.45, 7) is 0. The standard InChI is InChI=1S/C22H18ClN3O3/c1-29-20-7-2-4-15(12-20)14-24-26-22(28)16-8-10-19(11-9-16)25-21(27)17-5-3-6-18(23)13-17/h2-14H,1H3,(H,25,27)(H,26,28)/b24-14-. The van der Waals surface area contributed by atoms with Gasteiger partial charge in [0.05, 0.1) is 13.3 Å². The van der Waals surface area contributed by atoms with Gasteiger partial charge in [-0.2, -0.15) is 5.10 Å². The van der Waals surface area contributed by atoms with Crippen molar-refractivity contribution in [3.8, 4) is 5.75 Å². The number of halogens is 1. The van der Waals surface area contributed by atoms with Crippen molar-refractivity contribution in [3.63, 3.8) is 0 Å². The molecule has 0 radical (unpaired) electrons. The Morgan fingerprint density at radius 1 is 0.931 bits per heavy atom. The Morgan fingerprint density at radius 3 is 2.41 bits per heavy atom. The number of nitrogens with one attached hydrogen (secondary N) is 2. The molecule has 3 aromatic carbocycles. The second-order valence-corrected chi connectivity index (χ2v) is 6.45. The van der Waals surface area contributed by atoms with E-state index < -0.39 is 0 Å². The molecule has 0 spiro atoms. The van der Waals surface area contributed by atoms with Gasteiger partial charge in [-0.05, 0) is 60.2 Å². The summed E-state index contributed by atoms with van der Waals surface area (Å²) >= 11 is 5.90. The predicted octanol–water partition coefficient (Wildman–Crippen LogP) is 4.36. The summed E-state index contributed by atoms with van der Waals surface area (Å²) in [7, 11) is 1.58. The van der Waals surface area contributed by atoms with Crippen LogP contribution in [-0.4, -0.2) is 25.1 Å². The topological polar surface area (TPSA) is 79.8 Å². The molecule has 3 rings (SSSR count). The number of benzene rings is 3. The highest BCUT2D eigenvalue weighted by Gasteiger charge is 2.08. The van der Waals surface area contributed by atoms with Gasteiger partial charge in [0, 0.05) is 21.8 Å². The lowest BCUT2D eigenvalue weighted by Crippen LogP contribution is -2.17. The van der Waals surface area contributed by atoms with Crippen LogP contribution < -0.4 is 15.5 Å². The van der Waals surface area contributed by atoms with Crippen LogP contribution in [0.1, 0.15) is 26.3 Å². The minimum atomic E-state index is -0.364. The first-order valence-electron chi connectivity index (χ1n) is 8.69. The van der Waals surface area contributed by atoms with Crippen LogP contribution in [0.5, 0.6) is 5.75 Å². The van der Waals surface area contributed by atoms with E-state index in [1.807, 2.05) is 18.2 Å². The highest BCUT2D eigenvalue weighted by atomic mass is 35.5. The normalized spacial score (nSPS) is 10.6. The molecule has 0 fully saturated rings. The molecular weight excluding hydrogens is 390 g/mol. The Balaban J connectivity index is 1.58. The lowest BCUT2D eigenvalue weighted by Gasteiger charge is -2.06. The van der Waals surface area contributed by atoms with Gasteiger partial charge in [-0.15, -0.1) is 0 Å². The molecule has 2 N–H and O–H groups in total. The summed E-state index contributed by atoms with van der Waals surface area (Å²) in [5.41, 5.74) is 4.68. The van der Waals surface area contributed by atoms with E-state index >= 15 is 0 Å². The number of hydrogen-bond donors (Lipinski definition) is 2. The number of carbonyl (C=O) groups is 2. The number of hydrazone groups is 1. The minimum Gasteiger partial charge on any atom is -0.497 e. The zero-order chi connectivity index (χ0) is 20.6. The van der Waals surface area contributed by atoms with Crippen LogP contribution in [0.25, 0.3) is 0 Å². The molecular formula is C22H18ClN3O3. The molecule has 7 heteroatoms. The van der Waals surface area contributed by atoms with Crippen molar-refractivity contribution >= 4 is 35.3 Å². The summed E-state index contributed by atoms with van der Waals surface area (Å²) in [4.78, 5) is 24.4. The highest BCUT2D eigenvalue weighted by molar-refractivity contribution is 6.31. The summed E-state index contributed by atoms with van der Waals surface area (Å²) in [5.74, 6) is 0.0557. The quantitative estimate of drug-likeness (QED) is 0.470. The molecule has 0 unspecified atom stereocenters. The average Bonchev–Trinajstić information content (AvgIpc) is 2.74. The first-order chi connectivity index (χ1) is 14.0. The van der Waals surface area contributed by atoms with E-state index in [1.54, 1.807) is 61.7 Å². The van der Waals surface area contributed by atoms with Crippen molar-refractivity contribution in [2.75, 3.05) is 12.4 Å². The third-order valence-corrected chi connectivity index (χ3v) is 4.20. The van der Waals surface area contributed by atoms with Gasteiger partial charge in [-0.25, -0.2) is 5.43 Å². The maximum Gasteiger partial charge on any atom is 0.271 e. The summed E-state index contributed by atoms with van der Waals surface area (Å²) < 4.78 is 5.14. The molecule has 146 valence electrons. The van der Waals surface area contributed by atoms with E-state index in [9.17, 15) is 9.59 Å². The SMILES string of the molecule is COc1cccc(/C=N\NC(=O)c2ccc(NC(=O)c3cccc(Cl)c3)cc2)c1. The Bertz CT molecular complexity index is 1050. The van der Waals surface area contributed by atoms with E-state index in [-0.39, 0.29) is 11.8 Å². The van der Waals surface area contributed by atoms with Crippen LogP contribution in [0, 0.1) is 0 Å². The molecule has 3 aromatic rings. The fourth-order valence-corrected chi connectivity index (χ4v) is 2.68. The van der Waals surface area contributed by atoms with Crippen molar-refractivity contribution in [2.24, 2.45) is 5.10 Å². The van der Waals surface area contributed by atoms with Gasteiger partial charge >= 0.3 is 0 Å². The Hall–Kier alpha value is -3.64. The second-order valence-electron chi connectivity index (χ2n) is 6.02. The van der Waals surface area contributed by atoms with Gasteiger partial charge in [0.1, 0.15) is 5.75 Å². The number of hydrogen-bond acceptors (Lipinski definition) is 4. The minimum absolute atomic E-state index is 0.285. The molecule has 0 aliphatic heterocycles. The third-order valence-electron chi connectivity index (χ3n) is 3.97. The number of nitrogens with zero attached hydrogens (tertiary/aromatic N) is 1. The Kier molecular flexibility index (Phi) is 6.60. The zero-order valence-electron chi connectivity index (χ0n) is 15.6. The average molecular weight is 408 g/mol. The van der Waals surface area contributed by atoms with Crippen molar-refractivity contribution < 1.29 is 14.3 Å². The van der Waals surface area contributed by atoms with E-state index in [0.29, 0.717) is 27.6 Å². The monoisotopic (exact) mass is 407 g/mol. The highest BCUT2D eigenvalue weighted by Crippen LogP contribution is 2.15. The van der Waals surface area contributed by atoms with Crippen LogP contribution in [0.15, 0.2) is 77.9 Å². The molecule has 0 saturated carbocycles. The van der Waals surface area contributed by atoms with Gasteiger partial charge in [0.2, 0.25) is 0 Å². The largest absolute Gasteiger partial charge is 0.497 e. The van der Waals surface area contributed by atoms with Crippen molar-refractivity contribution in [2.45, 2.75) is 0 Å². The molecule has 2 amide bonds. The fraction of sp³-hybridized carbons (Fsp3) is 0.0455. The Morgan fingerprint density at radius 2 is 1.69 bits per heavy atom. The smallest absolute Gasteiger partial charge is 0.271 e. The lowest BCUT2D eigenvalue weighted by molar-refractivity contribution is 0.0954. The van der Waals surface area contributed by atoms with Crippen LogP contribution in [0.3, 0.4) is 0 Å². The lowest BCUT2D eigenvalue weighted by atomic mass is 10.1.